The van der Waals surface area contributed by atoms with Gasteiger partial charge in [-0.3, -0.25) is 0 Å². The highest BCUT2D eigenvalue weighted by Crippen LogP contribution is 2.21. The third-order valence-electron chi connectivity index (χ3n) is 3.56. The van der Waals surface area contributed by atoms with Gasteiger partial charge in [-0.15, -0.1) is 0 Å². The van der Waals surface area contributed by atoms with Crippen LogP contribution in [0.15, 0.2) is 48.7 Å². The molecular formula is C16H18N2O2. The Bertz CT molecular complexity index is 571. The van der Waals surface area contributed by atoms with Crippen LogP contribution >= 0.6 is 0 Å². The van der Waals surface area contributed by atoms with Crippen molar-refractivity contribution in [3.8, 4) is 0 Å². The maximum absolute atomic E-state index is 12.2. The fourth-order valence-electron chi connectivity index (χ4n) is 2.52. The Morgan fingerprint density at radius 3 is 2.55 bits per heavy atom. The van der Waals surface area contributed by atoms with Crippen LogP contribution in [0.1, 0.15) is 18.4 Å². The lowest BCUT2D eigenvalue weighted by molar-refractivity contribution is 0.141. The highest BCUT2D eigenvalue weighted by Gasteiger charge is 2.19. The van der Waals surface area contributed by atoms with E-state index in [1.807, 2.05) is 42.5 Å². The van der Waals surface area contributed by atoms with E-state index in [2.05, 4.69) is 4.90 Å². The molecule has 1 aliphatic rings. The van der Waals surface area contributed by atoms with Gasteiger partial charge in [0.1, 0.15) is 12.4 Å². The molecule has 20 heavy (non-hydrogen) atoms. The Labute approximate surface area is 118 Å². The topological polar surface area (TPSA) is 34.5 Å². The minimum atomic E-state index is -0.319. The molecule has 4 heteroatoms. The Morgan fingerprint density at radius 1 is 1.05 bits per heavy atom. The Morgan fingerprint density at radius 2 is 1.80 bits per heavy atom. The molecule has 0 amide bonds. The largest absolute Gasteiger partial charge is 0.444 e. The van der Waals surface area contributed by atoms with Gasteiger partial charge in [0.05, 0.1) is 0 Å². The van der Waals surface area contributed by atoms with Gasteiger partial charge < -0.3 is 9.64 Å². The first-order chi connectivity index (χ1) is 9.84. The summed E-state index contributed by atoms with van der Waals surface area (Å²) < 4.78 is 6.96. The zero-order chi connectivity index (χ0) is 13.8. The second-order valence-corrected chi connectivity index (χ2v) is 4.97. The quantitative estimate of drug-likeness (QED) is 0.858. The second-order valence-electron chi connectivity index (χ2n) is 4.97. The van der Waals surface area contributed by atoms with Crippen molar-refractivity contribution in [1.29, 1.82) is 0 Å². The molecule has 0 bridgehead atoms. The molecule has 1 aliphatic heterocycles. The van der Waals surface area contributed by atoms with Crippen LogP contribution in [-0.2, 0) is 11.3 Å². The zero-order valence-corrected chi connectivity index (χ0v) is 11.4. The summed E-state index contributed by atoms with van der Waals surface area (Å²) in [6.45, 7) is 2.32. The summed E-state index contributed by atoms with van der Waals surface area (Å²) in [4.78, 5) is 14.4. The summed E-state index contributed by atoms with van der Waals surface area (Å²) in [5.41, 5.74) is 0.996. The van der Waals surface area contributed by atoms with Crippen LogP contribution in [0.2, 0.25) is 0 Å². The molecule has 3 rings (SSSR count). The molecule has 1 aromatic carbocycles. The molecule has 104 valence electrons. The third kappa shape index (κ3) is 2.69. The molecule has 0 radical (unpaired) electrons. The summed E-state index contributed by atoms with van der Waals surface area (Å²) in [5, 5.41) is 0. The number of hydrogen-bond donors (Lipinski definition) is 0. The lowest BCUT2D eigenvalue weighted by Crippen LogP contribution is -2.24. The number of carbonyl (C=O) groups excluding carboxylic acids is 1. The molecule has 0 atom stereocenters. The van der Waals surface area contributed by atoms with Gasteiger partial charge in [-0.1, -0.05) is 30.3 Å². The van der Waals surface area contributed by atoms with Crippen molar-refractivity contribution >= 4 is 11.9 Å². The smallest absolute Gasteiger partial charge is 0.419 e. The zero-order valence-electron chi connectivity index (χ0n) is 11.4. The molecular weight excluding hydrogens is 252 g/mol. The summed E-state index contributed by atoms with van der Waals surface area (Å²) in [7, 11) is 0. The second kappa shape index (κ2) is 5.82. The van der Waals surface area contributed by atoms with Gasteiger partial charge in [-0.25, -0.2) is 9.36 Å². The average molecular weight is 270 g/mol. The van der Waals surface area contributed by atoms with Gasteiger partial charge in [0, 0.05) is 19.3 Å². The van der Waals surface area contributed by atoms with Gasteiger partial charge in [-0.05, 0) is 30.5 Å². The van der Waals surface area contributed by atoms with E-state index >= 15 is 0 Å². The first-order valence-electron chi connectivity index (χ1n) is 6.98. The Balaban J connectivity index is 1.67. The molecule has 0 saturated carbocycles. The van der Waals surface area contributed by atoms with Crippen molar-refractivity contribution in [3.05, 3.63) is 54.2 Å². The Hall–Kier alpha value is -2.23. The number of benzene rings is 1. The number of nitrogens with zero attached hydrogens (tertiary/aromatic N) is 2. The fourth-order valence-corrected chi connectivity index (χ4v) is 2.52. The lowest BCUT2D eigenvalue weighted by Gasteiger charge is -2.19. The van der Waals surface area contributed by atoms with Gasteiger partial charge in [0.2, 0.25) is 0 Å². The van der Waals surface area contributed by atoms with Crippen LogP contribution in [0, 0.1) is 0 Å². The van der Waals surface area contributed by atoms with Gasteiger partial charge >= 0.3 is 6.09 Å². The molecule has 2 heterocycles. The molecule has 0 spiro atoms. The third-order valence-corrected chi connectivity index (χ3v) is 3.56. The maximum Gasteiger partial charge on any atom is 0.419 e. The highest BCUT2D eigenvalue weighted by atomic mass is 16.5. The first kappa shape index (κ1) is 12.8. The van der Waals surface area contributed by atoms with Crippen LogP contribution in [0.4, 0.5) is 10.6 Å². The van der Waals surface area contributed by atoms with E-state index in [0.717, 1.165) is 24.5 Å². The van der Waals surface area contributed by atoms with E-state index in [-0.39, 0.29) is 6.09 Å². The summed E-state index contributed by atoms with van der Waals surface area (Å²) in [6.07, 6.45) is 3.82. The van der Waals surface area contributed by atoms with Crippen LogP contribution in [0.5, 0.6) is 0 Å². The number of hydrogen-bond acceptors (Lipinski definition) is 3. The van der Waals surface area contributed by atoms with E-state index in [4.69, 9.17) is 4.74 Å². The number of rotatable bonds is 3. The highest BCUT2D eigenvalue weighted by molar-refractivity contribution is 5.75. The molecule has 1 saturated heterocycles. The predicted molar refractivity (Wildman–Crippen MR) is 77.9 cm³/mol. The van der Waals surface area contributed by atoms with Gasteiger partial charge in [-0.2, -0.15) is 0 Å². The standard InChI is InChI=1S/C16H18N2O2/c19-16(20-13-14-7-2-1-3-8-14)18-12-6-9-15(18)17-10-4-5-11-17/h1-3,6-9,12H,4-5,10-11,13H2. The number of ether oxygens (including phenoxy) is 1. The SMILES string of the molecule is O=C(OCc1ccccc1)n1cccc1N1CCCC1. The monoisotopic (exact) mass is 270 g/mol. The molecule has 1 fully saturated rings. The van der Waals surface area contributed by atoms with Gasteiger partial charge in [0.25, 0.3) is 0 Å². The summed E-state index contributed by atoms with van der Waals surface area (Å²) >= 11 is 0. The predicted octanol–water partition coefficient (Wildman–Crippen LogP) is 3.27. The van der Waals surface area contributed by atoms with E-state index in [1.54, 1.807) is 10.8 Å². The van der Waals surface area contributed by atoms with Crippen LogP contribution < -0.4 is 4.90 Å². The lowest BCUT2D eigenvalue weighted by atomic mass is 10.2. The van der Waals surface area contributed by atoms with Crippen molar-refractivity contribution in [2.24, 2.45) is 0 Å². The molecule has 4 nitrogen and oxygen atoms in total. The number of carbonyl (C=O) groups is 1. The molecule has 1 aromatic heterocycles. The number of aromatic nitrogens is 1. The first-order valence-corrected chi connectivity index (χ1v) is 6.98. The van der Waals surface area contributed by atoms with Crippen molar-refractivity contribution in [2.75, 3.05) is 18.0 Å². The van der Waals surface area contributed by atoms with E-state index in [1.165, 1.54) is 12.8 Å². The summed E-state index contributed by atoms with van der Waals surface area (Å²) in [5.74, 6) is 0.931. The van der Waals surface area contributed by atoms with Crippen LogP contribution in [0.25, 0.3) is 0 Å². The van der Waals surface area contributed by atoms with Crippen molar-refractivity contribution in [2.45, 2.75) is 19.4 Å². The van der Waals surface area contributed by atoms with Crippen molar-refractivity contribution < 1.29 is 9.53 Å². The van der Waals surface area contributed by atoms with Crippen molar-refractivity contribution in [1.82, 2.24) is 4.57 Å². The van der Waals surface area contributed by atoms with Crippen molar-refractivity contribution in [3.63, 3.8) is 0 Å². The molecule has 0 unspecified atom stereocenters. The van der Waals surface area contributed by atoms with E-state index in [9.17, 15) is 4.79 Å². The summed E-state index contributed by atoms with van der Waals surface area (Å²) in [6, 6.07) is 13.6. The van der Waals surface area contributed by atoms with E-state index in [0.29, 0.717) is 6.61 Å². The van der Waals surface area contributed by atoms with E-state index < -0.39 is 0 Å². The minimum Gasteiger partial charge on any atom is -0.444 e. The Kier molecular flexibility index (Phi) is 3.72. The fraction of sp³-hybridized carbons (Fsp3) is 0.312. The number of anilines is 1. The molecule has 0 aliphatic carbocycles. The maximum atomic E-state index is 12.2. The molecule has 0 N–H and O–H groups in total. The normalized spacial score (nSPS) is 14.5. The molecule has 2 aromatic rings. The average Bonchev–Trinajstić information content (AvgIpc) is 3.15. The van der Waals surface area contributed by atoms with Gasteiger partial charge in [0.15, 0.2) is 0 Å². The minimum absolute atomic E-state index is 0.303. The van der Waals surface area contributed by atoms with Crippen LogP contribution in [0.3, 0.4) is 0 Å². The van der Waals surface area contributed by atoms with Crippen LogP contribution in [-0.4, -0.2) is 23.7 Å².